The van der Waals surface area contributed by atoms with E-state index >= 15 is 0 Å². The Morgan fingerprint density at radius 1 is 1.40 bits per heavy atom. The molecule has 0 aliphatic carbocycles. The first kappa shape index (κ1) is 14.0. The second-order valence-electron chi connectivity index (χ2n) is 4.00. The van der Waals surface area contributed by atoms with E-state index in [4.69, 9.17) is 11.6 Å². The largest absolute Gasteiger partial charge is 0.345 e. The highest BCUT2D eigenvalue weighted by molar-refractivity contribution is 6.31. The molecule has 9 nitrogen and oxygen atoms in total. The summed E-state index contributed by atoms with van der Waals surface area (Å²) >= 11 is 5.91. The molecule has 0 atom stereocenters. The number of aryl methyl sites for hydroxylation is 2. The van der Waals surface area contributed by atoms with Gasteiger partial charge in [-0.3, -0.25) is 24.3 Å². The Morgan fingerprint density at radius 2 is 2.05 bits per heavy atom. The van der Waals surface area contributed by atoms with Gasteiger partial charge in [-0.1, -0.05) is 11.6 Å². The van der Waals surface area contributed by atoms with Gasteiger partial charge in [0.15, 0.2) is 0 Å². The van der Waals surface area contributed by atoms with Crippen LogP contribution in [0.25, 0.3) is 0 Å². The molecule has 0 aliphatic heterocycles. The van der Waals surface area contributed by atoms with E-state index in [1.54, 1.807) is 7.05 Å². The summed E-state index contributed by atoms with van der Waals surface area (Å²) in [6.45, 7) is 0.108. The van der Waals surface area contributed by atoms with Crippen LogP contribution >= 0.6 is 11.6 Å². The Hall–Kier alpha value is -2.42. The first-order valence-corrected chi connectivity index (χ1v) is 5.90. The summed E-state index contributed by atoms with van der Waals surface area (Å²) in [7, 11) is 3.14. The number of halogens is 1. The molecule has 0 saturated heterocycles. The SMILES string of the molecule is Cn1ncc(Cl)c1CNC(=O)c1c([N+](=O)[O-])cnn1C. The first-order valence-electron chi connectivity index (χ1n) is 5.52. The molecular weight excluding hydrogens is 288 g/mol. The predicted octanol–water partition coefficient (Wildman–Crippen LogP) is 0.645. The summed E-state index contributed by atoms with van der Waals surface area (Å²) in [6, 6.07) is 0. The highest BCUT2D eigenvalue weighted by Crippen LogP contribution is 2.17. The van der Waals surface area contributed by atoms with E-state index in [-0.39, 0.29) is 17.9 Å². The summed E-state index contributed by atoms with van der Waals surface area (Å²) in [5.41, 5.74) is 0.138. The van der Waals surface area contributed by atoms with Crippen molar-refractivity contribution in [3.8, 4) is 0 Å². The predicted molar refractivity (Wildman–Crippen MR) is 69.3 cm³/mol. The molecular formula is C10H11ClN6O3. The topological polar surface area (TPSA) is 108 Å². The summed E-state index contributed by atoms with van der Waals surface area (Å²) in [4.78, 5) is 22.2. The van der Waals surface area contributed by atoms with Crippen LogP contribution in [0.2, 0.25) is 5.02 Å². The molecule has 1 N–H and O–H groups in total. The number of carbonyl (C=O) groups is 1. The molecule has 2 aromatic rings. The van der Waals surface area contributed by atoms with Crippen molar-refractivity contribution in [3.63, 3.8) is 0 Å². The Morgan fingerprint density at radius 3 is 2.60 bits per heavy atom. The van der Waals surface area contributed by atoms with Gasteiger partial charge in [-0.15, -0.1) is 0 Å². The fraction of sp³-hybridized carbons (Fsp3) is 0.300. The number of rotatable bonds is 4. The second kappa shape index (κ2) is 5.29. The Bertz CT molecular complexity index is 657. The van der Waals surface area contributed by atoms with Crippen LogP contribution in [-0.4, -0.2) is 30.4 Å². The zero-order chi connectivity index (χ0) is 14.9. The van der Waals surface area contributed by atoms with E-state index in [0.29, 0.717) is 10.7 Å². The molecule has 0 bridgehead atoms. The van der Waals surface area contributed by atoms with Gasteiger partial charge in [-0.2, -0.15) is 10.2 Å². The maximum absolute atomic E-state index is 12.0. The minimum Gasteiger partial charge on any atom is -0.345 e. The van der Waals surface area contributed by atoms with Crippen LogP contribution in [0, 0.1) is 10.1 Å². The molecule has 1 amide bonds. The molecule has 0 unspecified atom stereocenters. The lowest BCUT2D eigenvalue weighted by Crippen LogP contribution is -2.27. The van der Waals surface area contributed by atoms with Crippen LogP contribution in [0.15, 0.2) is 12.4 Å². The van der Waals surface area contributed by atoms with Crippen LogP contribution in [0.4, 0.5) is 5.69 Å². The van der Waals surface area contributed by atoms with Crippen molar-refractivity contribution in [2.24, 2.45) is 14.1 Å². The van der Waals surface area contributed by atoms with Crippen molar-refractivity contribution in [1.29, 1.82) is 0 Å². The van der Waals surface area contributed by atoms with Gasteiger partial charge in [-0.25, -0.2) is 0 Å². The molecule has 2 rings (SSSR count). The molecule has 0 fully saturated rings. The fourth-order valence-electron chi connectivity index (χ4n) is 1.71. The number of nitrogens with one attached hydrogen (secondary N) is 1. The van der Waals surface area contributed by atoms with Gasteiger partial charge in [0.25, 0.3) is 5.91 Å². The van der Waals surface area contributed by atoms with Crippen molar-refractivity contribution in [1.82, 2.24) is 24.9 Å². The maximum Gasteiger partial charge on any atom is 0.320 e. The van der Waals surface area contributed by atoms with E-state index in [1.165, 1.54) is 17.9 Å². The summed E-state index contributed by atoms with van der Waals surface area (Å²) in [5, 5.41) is 21.4. The van der Waals surface area contributed by atoms with E-state index in [2.05, 4.69) is 15.5 Å². The fourth-order valence-corrected chi connectivity index (χ4v) is 1.94. The third-order valence-electron chi connectivity index (χ3n) is 2.76. The number of carbonyl (C=O) groups excluding carboxylic acids is 1. The monoisotopic (exact) mass is 298 g/mol. The molecule has 0 spiro atoms. The Kier molecular flexibility index (Phi) is 3.70. The number of nitro groups is 1. The van der Waals surface area contributed by atoms with Crippen LogP contribution < -0.4 is 5.32 Å². The van der Waals surface area contributed by atoms with Crippen molar-refractivity contribution < 1.29 is 9.72 Å². The maximum atomic E-state index is 12.0. The van der Waals surface area contributed by atoms with Crippen LogP contribution in [0.3, 0.4) is 0 Å². The van der Waals surface area contributed by atoms with Crippen molar-refractivity contribution in [2.75, 3.05) is 0 Å². The van der Waals surface area contributed by atoms with Gasteiger partial charge in [0.1, 0.15) is 6.20 Å². The van der Waals surface area contributed by atoms with Crippen molar-refractivity contribution >= 4 is 23.2 Å². The minimum absolute atomic E-state index is 0.108. The normalized spacial score (nSPS) is 10.6. The smallest absolute Gasteiger partial charge is 0.320 e. The number of nitrogens with zero attached hydrogens (tertiary/aromatic N) is 5. The first-order chi connectivity index (χ1) is 9.41. The number of hydrogen-bond acceptors (Lipinski definition) is 5. The molecule has 10 heteroatoms. The van der Waals surface area contributed by atoms with Gasteiger partial charge >= 0.3 is 5.69 Å². The lowest BCUT2D eigenvalue weighted by Gasteiger charge is -2.06. The summed E-state index contributed by atoms with van der Waals surface area (Å²) < 4.78 is 2.67. The molecule has 0 aliphatic rings. The zero-order valence-electron chi connectivity index (χ0n) is 10.7. The van der Waals surface area contributed by atoms with Crippen molar-refractivity contribution in [3.05, 3.63) is 38.9 Å². The third kappa shape index (κ3) is 2.48. The highest BCUT2D eigenvalue weighted by Gasteiger charge is 2.25. The lowest BCUT2D eigenvalue weighted by atomic mass is 10.3. The Balaban J connectivity index is 2.17. The van der Waals surface area contributed by atoms with Crippen LogP contribution in [0.1, 0.15) is 16.2 Å². The van der Waals surface area contributed by atoms with Gasteiger partial charge in [0.05, 0.1) is 28.4 Å². The van der Waals surface area contributed by atoms with Crippen LogP contribution in [-0.2, 0) is 20.6 Å². The van der Waals surface area contributed by atoms with Gasteiger partial charge in [0, 0.05) is 14.1 Å². The van der Waals surface area contributed by atoms with Gasteiger partial charge < -0.3 is 5.32 Å². The minimum atomic E-state index is -0.654. The molecule has 2 heterocycles. The molecule has 0 aromatic carbocycles. The standard InChI is InChI=1S/C10H11ClN6O3/c1-15-7(6(11)3-13-15)4-12-10(18)9-8(17(19)20)5-14-16(9)2/h3,5H,4H2,1-2H3,(H,12,18). The molecule has 2 aromatic heterocycles. The van der Waals surface area contributed by atoms with Gasteiger partial charge in [0.2, 0.25) is 5.69 Å². The van der Waals surface area contributed by atoms with Crippen LogP contribution in [0.5, 0.6) is 0 Å². The molecule has 20 heavy (non-hydrogen) atoms. The average Bonchev–Trinajstić information content (AvgIpc) is 2.91. The van der Waals surface area contributed by atoms with E-state index < -0.39 is 10.8 Å². The zero-order valence-corrected chi connectivity index (χ0v) is 11.5. The Labute approximate surface area is 118 Å². The molecule has 106 valence electrons. The summed E-state index contributed by atoms with van der Waals surface area (Å²) in [6.07, 6.45) is 2.49. The highest BCUT2D eigenvalue weighted by atomic mass is 35.5. The van der Waals surface area contributed by atoms with E-state index in [0.717, 1.165) is 10.9 Å². The summed E-state index contributed by atoms with van der Waals surface area (Å²) in [5.74, 6) is -0.603. The number of hydrogen-bond donors (Lipinski definition) is 1. The molecule has 0 saturated carbocycles. The quantitative estimate of drug-likeness (QED) is 0.658. The average molecular weight is 299 g/mol. The number of amides is 1. The molecule has 0 radical (unpaired) electrons. The lowest BCUT2D eigenvalue weighted by molar-refractivity contribution is -0.385. The van der Waals surface area contributed by atoms with Crippen molar-refractivity contribution in [2.45, 2.75) is 6.54 Å². The van der Waals surface area contributed by atoms with E-state index in [1.807, 2.05) is 0 Å². The van der Waals surface area contributed by atoms with E-state index in [9.17, 15) is 14.9 Å². The third-order valence-corrected chi connectivity index (χ3v) is 3.07. The second-order valence-corrected chi connectivity index (χ2v) is 4.41. The van der Waals surface area contributed by atoms with Gasteiger partial charge in [-0.05, 0) is 0 Å². The number of aromatic nitrogens is 4.